The minimum absolute atomic E-state index is 0.240. The lowest BCUT2D eigenvalue weighted by Gasteiger charge is -2.09. The van der Waals surface area contributed by atoms with Gasteiger partial charge in [-0.2, -0.15) is 0 Å². The molecule has 3 aromatic rings. The number of aromatic nitrogens is 3. The Bertz CT molecular complexity index is 819. The maximum Gasteiger partial charge on any atom is 0.315 e. The van der Waals surface area contributed by atoms with Crippen LogP contribution in [-0.4, -0.2) is 20.6 Å². The van der Waals surface area contributed by atoms with Crippen molar-refractivity contribution in [2.24, 2.45) is 0 Å². The number of hydrogen-bond acceptors (Lipinski definition) is 3. The van der Waals surface area contributed by atoms with Gasteiger partial charge in [0.05, 0.1) is 0 Å². The summed E-state index contributed by atoms with van der Waals surface area (Å²) in [6.07, 6.45) is 6.89. The van der Waals surface area contributed by atoms with Gasteiger partial charge in [0.25, 0.3) is 0 Å². The van der Waals surface area contributed by atoms with Crippen molar-refractivity contribution >= 4 is 17.6 Å². The molecular weight excluding hydrogens is 326 g/mol. The van der Waals surface area contributed by atoms with E-state index in [4.69, 9.17) is 11.6 Å². The first kappa shape index (κ1) is 16.0. The fourth-order valence-electron chi connectivity index (χ4n) is 2.18. The molecule has 2 amide bonds. The molecule has 0 radical (unpaired) electrons. The van der Waals surface area contributed by atoms with Crippen LogP contribution in [0.3, 0.4) is 0 Å². The van der Waals surface area contributed by atoms with E-state index < -0.39 is 0 Å². The minimum atomic E-state index is -0.240. The molecule has 2 N–H and O–H groups in total. The first-order valence-electron chi connectivity index (χ1n) is 7.40. The number of carbonyl (C=O) groups excluding carboxylic acids is 1. The number of hydrogen-bond donors (Lipinski definition) is 2. The highest BCUT2D eigenvalue weighted by Crippen LogP contribution is 2.10. The van der Waals surface area contributed by atoms with Crippen molar-refractivity contribution in [3.63, 3.8) is 0 Å². The number of nitrogens with one attached hydrogen (secondary N) is 2. The number of benzene rings is 1. The SMILES string of the molecule is O=C(NCc1cccc(Cl)c1)NCc1ccnc(-n2ccnc2)c1. The van der Waals surface area contributed by atoms with E-state index in [1.807, 2.05) is 41.1 Å². The smallest absolute Gasteiger partial charge is 0.315 e. The summed E-state index contributed by atoms with van der Waals surface area (Å²) >= 11 is 5.92. The van der Waals surface area contributed by atoms with Crippen molar-refractivity contribution in [1.82, 2.24) is 25.2 Å². The fraction of sp³-hybridized carbons (Fsp3) is 0.118. The van der Waals surface area contributed by atoms with Gasteiger partial charge in [-0.25, -0.2) is 14.8 Å². The summed E-state index contributed by atoms with van der Waals surface area (Å²) in [6.45, 7) is 0.828. The highest BCUT2D eigenvalue weighted by molar-refractivity contribution is 6.30. The molecule has 0 aliphatic carbocycles. The van der Waals surface area contributed by atoms with Crippen molar-refractivity contribution < 1.29 is 4.79 Å². The van der Waals surface area contributed by atoms with Crippen molar-refractivity contribution in [3.8, 4) is 5.82 Å². The highest BCUT2D eigenvalue weighted by Gasteiger charge is 2.03. The third-order valence-electron chi connectivity index (χ3n) is 3.37. The molecule has 0 spiro atoms. The molecule has 0 aliphatic heterocycles. The van der Waals surface area contributed by atoms with Gasteiger partial charge in [0.2, 0.25) is 0 Å². The van der Waals surface area contributed by atoms with Crippen LogP contribution in [0.2, 0.25) is 5.02 Å². The third kappa shape index (κ3) is 4.33. The second-order valence-electron chi connectivity index (χ2n) is 5.16. The number of carbonyl (C=O) groups is 1. The molecular formula is C17H16ClN5O. The first-order valence-corrected chi connectivity index (χ1v) is 7.78. The van der Waals surface area contributed by atoms with Crippen molar-refractivity contribution in [3.05, 3.63) is 77.5 Å². The van der Waals surface area contributed by atoms with Crippen LogP contribution in [0.5, 0.6) is 0 Å². The van der Waals surface area contributed by atoms with Crippen LogP contribution in [0.25, 0.3) is 5.82 Å². The van der Waals surface area contributed by atoms with Gasteiger partial charge in [-0.05, 0) is 35.4 Å². The minimum Gasteiger partial charge on any atom is -0.334 e. The number of imidazole rings is 1. The number of halogens is 1. The molecule has 3 rings (SSSR count). The van der Waals surface area contributed by atoms with Crippen LogP contribution in [0.1, 0.15) is 11.1 Å². The molecule has 24 heavy (non-hydrogen) atoms. The van der Waals surface area contributed by atoms with Crippen LogP contribution in [0.4, 0.5) is 4.79 Å². The molecule has 2 aromatic heterocycles. The second-order valence-corrected chi connectivity index (χ2v) is 5.59. The molecule has 0 fully saturated rings. The topological polar surface area (TPSA) is 71.8 Å². The Morgan fingerprint density at radius 3 is 2.58 bits per heavy atom. The van der Waals surface area contributed by atoms with E-state index in [1.54, 1.807) is 24.8 Å². The first-order chi connectivity index (χ1) is 11.7. The maximum absolute atomic E-state index is 11.9. The Labute approximate surface area is 144 Å². The number of amides is 2. The lowest BCUT2D eigenvalue weighted by Crippen LogP contribution is -2.34. The summed E-state index contributed by atoms with van der Waals surface area (Å²) in [5.74, 6) is 0.756. The average molecular weight is 342 g/mol. The zero-order chi connectivity index (χ0) is 16.8. The summed E-state index contributed by atoms with van der Waals surface area (Å²) in [4.78, 5) is 20.2. The van der Waals surface area contributed by atoms with Gasteiger partial charge < -0.3 is 10.6 Å². The van der Waals surface area contributed by atoms with Gasteiger partial charge in [-0.3, -0.25) is 4.57 Å². The standard InChI is InChI=1S/C17H16ClN5O/c18-15-3-1-2-13(8-15)10-21-17(24)22-11-14-4-5-20-16(9-14)23-7-6-19-12-23/h1-9,12H,10-11H2,(H2,21,22,24). The third-order valence-corrected chi connectivity index (χ3v) is 3.61. The normalized spacial score (nSPS) is 10.4. The number of pyridine rings is 1. The summed E-state index contributed by atoms with van der Waals surface area (Å²) in [5, 5.41) is 6.27. The summed E-state index contributed by atoms with van der Waals surface area (Å²) in [6, 6.07) is 10.9. The van der Waals surface area contributed by atoms with Gasteiger partial charge in [0, 0.05) is 36.7 Å². The molecule has 0 saturated heterocycles. The molecule has 122 valence electrons. The Balaban J connectivity index is 1.52. The predicted octanol–water partition coefficient (Wildman–Crippen LogP) is 2.92. The van der Waals surface area contributed by atoms with E-state index in [-0.39, 0.29) is 6.03 Å². The van der Waals surface area contributed by atoms with Crippen LogP contribution >= 0.6 is 11.6 Å². The average Bonchev–Trinajstić information content (AvgIpc) is 3.13. The van der Waals surface area contributed by atoms with E-state index in [1.165, 1.54) is 0 Å². The van der Waals surface area contributed by atoms with E-state index in [0.29, 0.717) is 18.1 Å². The highest BCUT2D eigenvalue weighted by atomic mass is 35.5. The molecule has 6 nitrogen and oxygen atoms in total. The number of urea groups is 1. The Kier molecular flexibility index (Phi) is 5.08. The predicted molar refractivity (Wildman–Crippen MR) is 91.9 cm³/mol. The maximum atomic E-state index is 11.9. The molecule has 0 saturated carbocycles. The molecule has 7 heteroatoms. The molecule has 0 aliphatic rings. The molecule has 0 atom stereocenters. The van der Waals surface area contributed by atoms with Crippen LogP contribution in [0, 0.1) is 0 Å². The zero-order valence-corrected chi connectivity index (χ0v) is 13.6. The summed E-state index contributed by atoms with van der Waals surface area (Å²) in [7, 11) is 0. The van der Waals surface area contributed by atoms with E-state index in [9.17, 15) is 4.79 Å². The van der Waals surface area contributed by atoms with Gasteiger partial charge in [-0.1, -0.05) is 23.7 Å². The van der Waals surface area contributed by atoms with Gasteiger partial charge in [0.15, 0.2) is 0 Å². The number of nitrogens with zero attached hydrogens (tertiary/aromatic N) is 3. The van der Waals surface area contributed by atoms with Crippen LogP contribution in [0.15, 0.2) is 61.3 Å². The van der Waals surface area contributed by atoms with Crippen LogP contribution < -0.4 is 10.6 Å². The van der Waals surface area contributed by atoms with Crippen molar-refractivity contribution in [2.45, 2.75) is 13.1 Å². The molecule has 0 unspecified atom stereocenters. The van der Waals surface area contributed by atoms with Gasteiger partial charge in [0.1, 0.15) is 12.1 Å². The second kappa shape index (κ2) is 7.61. The fourth-order valence-corrected chi connectivity index (χ4v) is 2.39. The van der Waals surface area contributed by atoms with Crippen molar-refractivity contribution in [2.75, 3.05) is 0 Å². The number of rotatable bonds is 5. The molecule has 2 heterocycles. The summed E-state index contributed by atoms with van der Waals surface area (Å²) in [5.41, 5.74) is 1.90. The van der Waals surface area contributed by atoms with E-state index in [2.05, 4.69) is 20.6 Å². The van der Waals surface area contributed by atoms with Gasteiger partial charge >= 0.3 is 6.03 Å². The Hall–Kier alpha value is -2.86. The largest absolute Gasteiger partial charge is 0.334 e. The van der Waals surface area contributed by atoms with E-state index in [0.717, 1.165) is 16.9 Å². The van der Waals surface area contributed by atoms with Crippen molar-refractivity contribution in [1.29, 1.82) is 0 Å². The lowest BCUT2D eigenvalue weighted by molar-refractivity contribution is 0.240. The van der Waals surface area contributed by atoms with Gasteiger partial charge in [-0.15, -0.1) is 0 Å². The van der Waals surface area contributed by atoms with Crippen LogP contribution in [-0.2, 0) is 13.1 Å². The van der Waals surface area contributed by atoms with E-state index >= 15 is 0 Å². The lowest BCUT2D eigenvalue weighted by atomic mass is 10.2. The Morgan fingerprint density at radius 2 is 1.88 bits per heavy atom. The monoisotopic (exact) mass is 341 g/mol. The Morgan fingerprint density at radius 1 is 1.08 bits per heavy atom. The quantitative estimate of drug-likeness (QED) is 0.749. The molecule has 0 bridgehead atoms. The zero-order valence-electron chi connectivity index (χ0n) is 12.8. The molecule has 1 aromatic carbocycles. The summed E-state index contributed by atoms with van der Waals surface area (Å²) < 4.78 is 1.81.